The number of esters is 1. The Labute approximate surface area is 91.0 Å². The topological polar surface area (TPSA) is 26.3 Å². The van der Waals surface area contributed by atoms with Crippen LogP contribution in [0.4, 0.5) is 0 Å². The maximum Gasteiger partial charge on any atom is 0.331 e. The Bertz CT molecular complexity index is 256. The third-order valence-corrected chi connectivity index (χ3v) is 1.86. The van der Waals surface area contributed by atoms with Crippen molar-refractivity contribution in [2.24, 2.45) is 0 Å². The zero-order valence-electron chi connectivity index (χ0n) is 7.22. The summed E-state index contributed by atoms with van der Waals surface area (Å²) in [5.41, 5.74) is 0. The molecule has 0 aromatic carbocycles. The lowest BCUT2D eigenvalue weighted by atomic mass is 10.4. The standard InChI is InChI=1S/C9H10BrClO2/c1-3-8(10)4-5-9(12)13-6-7(2)11/h3-5H,2,6H2,1H3. The Balaban J connectivity index is 3.88. The summed E-state index contributed by atoms with van der Waals surface area (Å²) in [5.74, 6) is -0.444. The number of hydrogen-bond acceptors (Lipinski definition) is 2. The zero-order valence-corrected chi connectivity index (χ0v) is 9.56. The Morgan fingerprint density at radius 1 is 1.62 bits per heavy atom. The molecule has 0 fully saturated rings. The molecule has 0 amide bonds. The summed E-state index contributed by atoms with van der Waals surface area (Å²) in [6, 6.07) is 0. The summed E-state index contributed by atoms with van der Waals surface area (Å²) in [6.45, 7) is 5.27. The van der Waals surface area contributed by atoms with Crippen LogP contribution in [-0.2, 0) is 9.53 Å². The summed E-state index contributed by atoms with van der Waals surface area (Å²) in [7, 11) is 0. The second kappa shape index (κ2) is 6.92. The highest BCUT2D eigenvalue weighted by atomic mass is 79.9. The van der Waals surface area contributed by atoms with Gasteiger partial charge in [-0.2, -0.15) is 0 Å². The number of carbonyl (C=O) groups excluding carboxylic acids is 1. The summed E-state index contributed by atoms with van der Waals surface area (Å²) < 4.78 is 5.51. The molecule has 0 N–H and O–H groups in total. The summed E-state index contributed by atoms with van der Waals surface area (Å²) in [5, 5.41) is 0.298. The van der Waals surface area contributed by atoms with E-state index in [0.717, 1.165) is 4.48 Å². The van der Waals surface area contributed by atoms with Crippen LogP contribution < -0.4 is 0 Å². The Morgan fingerprint density at radius 3 is 2.69 bits per heavy atom. The summed E-state index contributed by atoms with van der Waals surface area (Å²) in [4.78, 5) is 10.9. The van der Waals surface area contributed by atoms with Crippen molar-refractivity contribution in [1.29, 1.82) is 0 Å². The number of allylic oxidation sites excluding steroid dienone is 3. The van der Waals surface area contributed by atoms with Crippen molar-refractivity contribution >= 4 is 33.5 Å². The number of halogens is 2. The largest absolute Gasteiger partial charge is 0.457 e. The molecule has 0 aliphatic heterocycles. The average molecular weight is 266 g/mol. The molecule has 0 unspecified atom stereocenters. The van der Waals surface area contributed by atoms with E-state index >= 15 is 0 Å². The molecule has 72 valence electrons. The van der Waals surface area contributed by atoms with Crippen LogP contribution in [0, 0.1) is 0 Å². The molecule has 13 heavy (non-hydrogen) atoms. The van der Waals surface area contributed by atoms with E-state index in [1.54, 1.807) is 6.08 Å². The van der Waals surface area contributed by atoms with Crippen molar-refractivity contribution < 1.29 is 9.53 Å². The first-order valence-corrected chi connectivity index (χ1v) is 4.73. The van der Waals surface area contributed by atoms with Gasteiger partial charge in [0.05, 0.1) is 0 Å². The third-order valence-electron chi connectivity index (χ3n) is 1.03. The van der Waals surface area contributed by atoms with E-state index in [9.17, 15) is 4.79 Å². The molecule has 0 rings (SSSR count). The van der Waals surface area contributed by atoms with E-state index in [1.165, 1.54) is 6.08 Å². The molecule has 0 saturated heterocycles. The van der Waals surface area contributed by atoms with Crippen molar-refractivity contribution in [2.75, 3.05) is 6.61 Å². The van der Waals surface area contributed by atoms with Crippen molar-refractivity contribution in [3.8, 4) is 0 Å². The predicted molar refractivity (Wildman–Crippen MR) is 57.8 cm³/mol. The SMILES string of the molecule is C=C(Cl)COC(=O)C=CC(Br)=CC. The molecule has 0 aliphatic rings. The molecule has 0 spiro atoms. The molecule has 0 aromatic rings. The first-order valence-electron chi connectivity index (χ1n) is 3.56. The number of rotatable bonds is 4. The molecule has 0 atom stereocenters. The smallest absolute Gasteiger partial charge is 0.331 e. The van der Waals surface area contributed by atoms with Crippen LogP contribution in [-0.4, -0.2) is 12.6 Å². The normalized spacial score (nSPS) is 11.8. The first kappa shape index (κ1) is 12.5. The molecule has 0 saturated carbocycles. The van der Waals surface area contributed by atoms with Crippen molar-refractivity contribution in [3.63, 3.8) is 0 Å². The van der Waals surface area contributed by atoms with E-state index in [0.29, 0.717) is 5.03 Å². The van der Waals surface area contributed by atoms with E-state index in [1.807, 2.05) is 13.0 Å². The van der Waals surface area contributed by atoms with Crippen molar-refractivity contribution in [2.45, 2.75) is 6.92 Å². The highest BCUT2D eigenvalue weighted by Gasteiger charge is 1.96. The van der Waals surface area contributed by atoms with Gasteiger partial charge in [-0.15, -0.1) is 0 Å². The molecule has 0 aromatic heterocycles. The number of hydrogen-bond donors (Lipinski definition) is 0. The molecule has 0 aliphatic carbocycles. The van der Waals surface area contributed by atoms with Crippen LogP contribution in [0.1, 0.15) is 6.92 Å². The van der Waals surface area contributed by atoms with E-state index in [4.69, 9.17) is 16.3 Å². The molecule has 0 bridgehead atoms. The maximum absolute atomic E-state index is 10.9. The van der Waals surface area contributed by atoms with Crippen LogP contribution in [0.2, 0.25) is 0 Å². The average Bonchev–Trinajstić information content (AvgIpc) is 2.10. The quantitative estimate of drug-likeness (QED) is 0.443. The van der Waals surface area contributed by atoms with Crippen molar-refractivity contribution in [3.05, 3.63) is 34.3 Å². The predicted octanol–water partition coefficient (Wildman–Crippen LogP) is 3.14. The second-order valence-electron chi connectivity index (χ2n) is 2.13. The first-order chi connectivity index (χ1) is 6.06. The fraction of sp³-hybridized carbons (Fsp3) is 0.222. The molecule has 0 radical (unpaired) electrons. The van der Waals surface area contributed by atoms with Gasteiger partial charge in [-0.05, 0) is 13.0 Å². The van der Waals surface area contributed by atoms with E-state index in [2.05, 4.69) is 22.5 Å². The lowest BCUT2D eigenvalue weighted by Gasteiger charge is -1.97. The molecule has 2 nitrogen and oxygen atoms in total. The Morgan fingerprint density at radius 2 is 2.23 bits per heavy atom. The molecule has 0 heterocycles. The van der Waals surface area contributed by atoms with Gasteiger partial charge in [-0.3, -0.25) is 0 Å². The number of ether oxygens (including phenoxy) is 1. The van der Waals surface area contributed by atoms with Crippen LogP contribution in [0.5, 0.6) is 0 Å². The highest BCUT2D eigenvalue weighted by molar-refractivity contribution is 9.11. The van der Waals surface area contributed by atoms with Gasteiger partial charge in [-0.25, -0.2) is 4.79 Å². The summed E-state index contributed by atoms with van der Waals surface area (Å²) >= 11 is 8.60. The van der Waals surface area contributed by atoms with Crippen LogP contribution in [0.25, 0.3) is 0 Å². The molecular formula is C9H10BrClO2. The molecular weight excluding hydrogens is 255 g/mol. The maximum atomic E-state index is 10.9. The highest BCUT2D eigenvalue weighted by Crippen LogP contribution is 2.05. The Kier molecular flexibility index (Phi) is 6.63. The van der Waals surface area contributed by atoms with E-state index in [-0.39, 0.29) is 6.61 Å². The second-order valence-corrected chi connectivity index (χ2v) is 3.58. The fourth-order valence-corrected chi connectivity index (χ4v) is 0.628. The van der Waals surface area contributed by atoms with Gasteiger partial charge in [0, 0.05) is 15.6 Å². The number of carbonyl (C=O) groups is 1. The third kappa shape index (κ3) is 7.81. The van der Waals surface area contributed by atoms with Gasteiger partial charge >= 0.3 is 5.97 Å². The van der Waals surface area contributed by atoms with Crippen LogP contribution in [0.3, 0.4) is 0 Å². The van der Waals surface area contributed by atoms with Crippen LogP contribution >= 0.6 is 27.5 Å². The zero-order chi connectivity index (χ0) is 10.3. The van der Waals surface area contributed by atoms with Gasteiger partial charge in [-0.1, -0.05) is 40.2 Å². The van der Waals surface area contributed by atoms with Gasteiger partial charge in [0.15, 0.2) is 0 Å². The lowest BCUT2D eigenvalue weighted by Crippen LogP contribution is -2.01. The minimum atomic E-state index is -0.444. The van der Waals surface area contributed by atoms with Crippen LogP contribution in [0.15, 0.2) is 34.3 Å². The van der Waals surface area contributed by atoms with Gasteiger partial charge in [0.25, 0.3) is 0 Å². The molecule has 4 heteroatoms. The van der Waals surface area contributed by atoms with Gasteiger partial charge in [0.1, 0.15) is 6.61 Å². The van der Waals surface area contributed by atoms with Gasteiger partial charge < -0.3 is 4.74 Å². The fourth-order valence-electron chi connectivity index (χ4n) is 0.441. The lowest BCUT2D eigenvalue weighted by molar-refractivity contribution is -0.136. The van der Waals surface area contributed by atoms with E-state index < -0.39 is 5.97 Å². The van der Waals surface area contributed by atoms with Gasteiger partial charge in [0.2, 0.25) is 0 Å². The monoisotopic (exact) mass is 264 g/mol. The minimum Gasteiger partial charge on any atom is -0.457 e. The summed E-state index contributed by atoms with van der Waals surface area (Å²) in [6.07, 6.45) is 4.72. The minimum absolute atomic E-state index is 0.0399. The van der Waals surface area contributed by atoms with Crippen molar-refractivity contribution in [1.82, 2.24) is 0 Å². The Hall–Kier alpha value is -0.540.